The molecule has 0 aromatic heterocycles. The third-order valence-electron chi connectivity index (χ3n) is 6.44. The molecule has 5 heteroatoms. The fourth-order valence-corrected chi connectivity index (χ4v) is 4.96. The molecule has 0 radical (unpaired) electrons. The number of carbonyl (C=O) groups is 2. The van der Waals surface area contributed by atoms with Crippen LogP contribution in [0.5, 0.6) is 0 Å². The molecular formula is C23H30N2O3. The van der Waals surface area contributed by atoms with Crippen LogP contribution in [0.15, 0.2) is 36.0 Å². The Balaban J connectivity index is 1.72. The Morgan fingerprint density at radius 2 is 1.61 bits per heavy atom. The maximum atomic E-state index is 13.5. The van der Waals surface area contributed by atoms with E-state index >= 15 is 0 Å². The zero-order valence-corrected chi connectivity index (χ0v) is 16.5. The molecule has 2 heterocycles. The van der Waals surface area contributed by atoms with Crippen LogP contribution in [0.4, 0.5) is 0 Å². The summed E-state index contributed by atoms with van der Waals surface area (Å²) >= 11 is 0. The van der Waals surface area contributed by atoms with Crippen LogP contribution < -0.4 is 0 Å². The summed E-state index contributed by atoms with van der Waals surface area (Å²) in [6.45, 7) is 1.53. The van der Waals surface area contributed by atoms with E-state index in [1.165, 1.54) is 12.8 Å². The quantitative estimate of drug-likeness (QED) is 0.642. The van der Waals surface area contributed by atoms with Gasteiger partial charge in [0.15, 0.2) is 0 Å². The molecular weight excluding hydrogens is 352 g/mol. The summed E-state index contributed by atoms with van der Waals surface area (Å²) in [6.07, 6.45) is 8.24. The molecule has 1 unspecified atom stereocenters. The zero-order chi connectivity index (χ0) is 19.5. The van der Waals surface area contributed by atoms with Crippen LogP contribution in [0, 0.1) is 5.92 Å². The summed E-state index contributed by atoms with van der Waals surface area (Å²) in [4.78, 5) is 30.7. The van der Waals surface area contributed by atoms with Crippen molar-refractivity contribution in [1.29, 1.82) is 0 Å². The van der Waals surface area contributed by atoms with Gasteiger partial charge in [0, 0.05) is 25.7 Å². The number of nitrogens with zero attached hydrogens (tertiary/aromatic N) is 2. The van der Waals surface area contributed by atoms with E-state index in [1.54, 1.807) is 4.90 Å². The molecule has 0 spiro atoms. The van der Waals surface area contributed by atoms with Crippen molar-refractivity contribution in [2.75, 3.05) is 19.7 Å². The predicted octanol–water partition coefficient (Wildman–Crippen LogP) is 3.19. The van der Waals surface area contributed by atoms with E-state index in [0.29, 0.717) is 17.8 Å². The number of aliphatic hydroxyl groups is 1. The minimum Gasteiger partial charge on any atom is -0.396 e. The lowest BCUT2D eigenvalue weighted by Gasteiger charge is -2.34. The van der Waals surface area contributed by atoms with Crippen LogP contribution in [-0.4, -0.2) is 52.5 Å². The molecule has 1 aromatic rings. The van der Waals surface area contributed by atoms with Crippen LogP contribution in [0.1, 0.15) is 56.9 Å². The van der Waals surface area contributed by atoms with E-state index in [9.17, 15) is 14.7 Å². The number of piperidine rings is 1. The Labute approximate surface area is 167 Å². The van der Waals surface area contributed by atoms with Gasteiger partial charge in [-0.3, -0.25) is 14.5 Å². The number of rotatable bonds is 4. The second-order valence-corrected chi connectivity index (χ2v) is 8.35. The summed E-state index contributed by atoms with van der Waals surface area (Å²) in [6, 6.07) is 9.61. The molecule has 1 aromatic carbocycles. The average Bonchev–Trinajstić information content (AvgIpc) is 2.89. The van der Waals surface area contributed by atoms with Crippen molar-refractivity contribution < 1.29 is 14.7 Å². The Morgan fingerprint density at radius 3 is 2.29 bits per heavy atom. The first-order valence-electron chi connectivity index (χ1n) is 10.7. The van der Waals surface area contributed by atoms with E-state index in [2.05, 4.69) is 4.90 Å². The van der Waals surface area contributed by atoms with Gasteiger partial charge in [-0.1, -0.05) is 56.0 Å². The zero-order valence-electron chi connectivity index (χ0n) is 16.5. The second-order valence-electron chi connectivity index (χ2n) is 8.35. The number of benzene rings is 1. The predicted molar refractivity (Wildman–Crippen MR) is 108 cm³/mol. The summed E-state index contributed by atoms with van der Waals surface area (Å²) in [7, 11) is 0. The summed E-state index contributed by atoms with van der Waals surface area (Å²) in [5.74, 6) is -0.105. The van der Waals surface area contributed by atoms with Crippen molar-refractivity contribution in [3.63, 3.8) is 0 Å². The van der Waals surface area contributed by atoms with Gasteiger partial charge < -0.3 is 10.0 Å². The molecule has 28 heavy (non-hydrogen) atoms. The highest BCUT2D eigenvalue weighted by Crippen LogP contribution is 2.37. The molecule has 3 aliphatic rings. The van der Waals surface area contributed by atoms with Crippen molar-refractivity contribution in [3.8, 4) is 0 Å². The first kappa shape index (κ1) is 19.2. The molecule has 1 aliphatic carbocycles. The highest BCUT2D eigenvalue weighted by Gasteiger charge is 2.45. The molecule has 2 fully saturated rings. The number of hydrogen-bond acceptors (Lipinski definition) is 4. The Bertz CT molecular complexity index is 750. The summed E-state index contributed by atoms with van der Waals surface area (Å²) in [5, 5.41) is 9.63. The van der Waals surface area contributed by atoms with Gasteiger partial charge in [0.25, 0.3) is 11.8 Å². The van der Waals surface area contributed by atoms with Crippen molar-refractivity contribution in [1.82, 2.24) is 9.80 Å². The lowest BCUT2D eigenvalue weighted by Crippen LogP contribution is -2.44. The SMILES string of the molecule is O=C1C(c2ccccc2)=C(N2CCCC(CO)C2)C(=O)N1C1CCCCCC1. The van der Waals surface area contributed by atoms with Crippen LogP contribution in [0.2, 0.25) is 0 Å². The molecule has 1 saturated carbocycles. The largest absolute Gasteiger partial charge is 0.396 e. The highest BCUT2D eigenvalue weighted by atomic mass is 16.3. The second kappa shape index (κ2) is 8.48. The molecule has 5 nitrogen and oxygen atoms in total. The van der Waals surface area contributed by atoms with E-state index in [1.807, 2.05) is 30.3 Å². The molecule has 150 valence electrons. The smallest absolute Gasteiger partial charge is 0.278 e. The highest BCUT2D eigenvalue weighted by molar-refractivity contribution is 6.35. The monoisotopic (exact) mass is 382 g/mol. The molecule has 2 amide bonds. The van der Waals surface area contributed by atoms with Crippen LogP contribution in [0.25, 0.3) is 5.57 Å². The number of likely N-dealkylation sites (tertiary alicyclic amines) is 1. The van der Waals surface area contributed by atoms with Crippen LogP contribution in [-0.2, 0) is 9.59 Å². The van der Waals surface area contributed by atoms with Crippen molar-refractivity contribution in [3.05, 3.63) is 41.6 Å². The first-order valence-corrected chi connectivity index (χ1v) is 10.7. The van der Waals surface area contributed by atoms with Gasteiger partial charge in [0.2, 0.25) is 0 Å². The van der Waals surface area contributed by atoms with Gasteiger partial charge in [-0.2, -0.15) is 0 Å². The van der Waals surface area contributed by atoms with Crippen molar-refractivity contribution >= 4 is 17.4 Å². The summed E-state index contributed by atoms with van der Waals surface area (Å²) in [5.41, 5.74) is 1.92. The van der Waals surface area contributed by atoms with E-state index in [0.717, 1.165) is 50.6 Å². The van der Waals surface area contributed by atoms with E-state index in [4.69, 9.17) is 0 Å². The van der Waals surface area contributed by atoms with Crippen LogP contribution in [0.3, 0.4) is 0 Å². The molecule has 0 bridgehead atoms. The topological polar surface area (TPSA) is 60.9 Å². The van der Waals surface area contributed by atoms with Crippen LogP contribution >= 0.6 is 0 Å². The number of carbonyl (C=O) groups excluding carboxylic acids is 2. The third kappa shape index (κ3) is 3.60. The van der Waals surface area contributed by atoms with Gasteiger partial charge >= 0.3 is 0 Å². The van der Waals surface area contributed by atoms with Gasteiger partial charge in [0.05, 0.1) is 5.57 Å². The summed E-state index contributed by atoms with van der Waals surface area (Å²) < 4.78 is 0. The number of aliphatic hydroxyl groups excluding tert-OH is 1. The van der Waals surface area contributed by atoms with Gasteiger partial charge in [-0.05, 0) is 37.2 Å². The van der Waals surface area contributed by atoms with Gasteiger partial charge in [-0.25, -0.2) is 0 Å². The number of amides is 2. The third-order valence-corrected chi connectivity index (χ3v) is 6.44. The normalized spacial score (nSPS) is 24.8. The minimum atomic E-state index is -0.135. The van der Waals surface area contributed by atoms with Crippen molar-refractivity contribution in [2.24, 2.45) is 5.92 Å². The Morgan fingerprint density at radius 1 is 0.893 bits per heavy atom. The first-order chi connectivity index (χ1) is 13.7. The average molecular weight is 383 g/mol. The van der Waals surface area contributed by atoms with Gasteiger partial charge in [0.1, 0.15) is 5.70 Å². The minimum absolute atomic E-state index is 0.0112. The number of hydrogen-bond donors (Lipinski definition) is 1. The molecule has 1 atom stereocenters. The lowest BCUT2D eigenvalue weighted by atomic mass is 9.97. The lowest BCUT2D eigenvalue weighted by molar-refractivity contribution is -0.140. The fraction of sp³-hybridized carbons (Fsp3) is 0.565. The maximum absolute atomic E-state index is 13.5. The standard InChI is InChI=1S/C23H30N2O3/c26-16-17-9-8-14-24(15-17)21-20(18-10-4-3-5-11-18)22(27)25(23(21)28)19-12-6-1-2-7-13-19/h3-5,10-11,17,19,26H,1-2,6-9,12-16H2. The van der Waals surface area contributed by atoms with E-state index < -0.39 is 0 Å². The maximum Gasteiger partial charge on any atom is 0.278 e. The Kier molecular flexibility index (Phi) is 5.81. The number of imide groups is 1. The molecule has 4 rings (SSSR count). The fourth-order valence-electron chi connectivity index (χ4n) is 4.96. The molecule has 2 aliphatic heterocycles. The Hall–Kier alpha value is -2.14. The van der Waals surface area contributed by atoms with E-state index in [-0.39, 0.29) is 30.4 Å². The molecule has 1 N–H and O–H groups in total. The van der Waals surface area contributed by atoms with Crippen molar-refractivity contribution in [2.45, 2.75) is 57.4 Å². The molecule has 1 saturated heterocycles. The van der Waals surface area contributed by atoms with Gasteiger partial charge in [-0.15, -0.1) is 0 Å².